The molecule has 0 heterocycles. The summed E-state index contributed by atoms with van der Waals surface area (Å²) in [5.74, 6) is -0.817. The summed E-state index contributed by atoms with van der Waals surface area (Å²) in [6, 6.07) is 10.5. The van der Waals surface area contributed by atoms with E-state index in [4.69, 9.17) is 0 Å². The number of hydrazone groups is 1. The van der Waals surface area contributed by atoms with Crippen LogP contribution in [0.2, 0.25) is 0 Å². The first-order valence-corrected chi connectivity index (χ1v) is 8.68. The van der Waals surface area contributed by atoms with Crippen LogP contribution in [-0.4, -0.2) is 28.1 Å². The third-order valence-electron chi connectivity index (χ3n) is 3.85. The first-order valence-electron chi connectivity index (χ1n) is 8.68. The van der Waals surface area contributed by atoms with Crippen LogP contribution in [0, 0.1) is 10.1 Å². The van der Waals surface area contributed by atoms with Gasteiger partial charge >= 0.3 is 0 Å². The number of para-hydroxylation sites is 1. The maximum atomic E-state index is 11.9. The van der Waals surface area contributed by atoms with Crippen LogP contribution in [0.3, 0.4) is 0 Å². The number of phenols is 1. The van der Waals surface area contributed by atoms with Crippen molar-refractivity contribution in [2.75, 3.05) is 5.32 Å². The molecule has 0 atom stereocenters. The number of nitro groups is 1. The summed E-state index contributed by atoms with van der Waals surface area (Å²) in [6.45, 7) is 3.62. The number of phenolic OH excluding ortho intramolecular Hbond substituents is 1. The molecule has 9 nitrogen and oxygen atoms in total. The summed E-state index contributed by atoms with van der Waals surface area (Å²) < 4.78 is 0. The zero-order valence-corrected chi connectivity index (χ0v) is 15.5. The number of rotatable bonds is 9. The van der Waals surface area contributed by atoms with Crippen molar-refractivity contribution in [1.29, 1.82) is 0 Å². The van der Waals surface area contributed by atoms with Gasteiger partial charge in [-0.1, -0.05) is 18.2 Å². The molecule has 0 fully saturated rings. The SMILES string of the molecule is C=CCc1cccc(/C=N/NC(=O)CCC(=O)Nc2ccc([N+](=O)[O-])cc2)c1O. The van der Waals surface area contributed by atoms with Gasteiger partial charge in [0.2, 0.25) is 11.8 Å². The number of nitrogens with one attached hydrogen (secondary N) is 2. The molecule has 2 amide bonds. The minimum atomic E-state index is -0.536. The highest BCUT2D eigenvalue weighted by molar-refractivity contribution is 5.93. The molecule has 9 heteroatoms. The van der Waals surface area contributed by atoms with Gasteiger partial charge < -0.3 is 10.4 Å². The second-order valence-electron chi connectivity index (χ2n) is 5.99. The number of benzene rings is 2. The number of anilines is 1. The van der Waals surface area contributed by atoms with Gasteiger partial charge in [0.1, 0.15) is 5.75 Å². The number of allylic oxidation sites excluding steroid dienone is 1. The average molecular weight is 396 g/mol. The van der Waals surface area contributed by atoms with E-state index in [2.05, 4.69) is 22.4 Å². The zero-order chi connectivity index (χ0) is 21.2. The molecule has 0 spiro atoms. The van der Waals surface area contributed by atoms with E-state index >= 15 is 0 Å². The van der Waals surface area contributed by atoms with Crippen molar-refractivity contribution in [2.24, 2.45) is 5.10 Å². The minimum absolute atomic E-state index is 0.0628. The van der Waals surface area contributed by atoms with Crippen LogP contribution in [0.15, 0.2) is 60.2 Å². The van der Waals surface area contributed by atoms with Crippen LogP contribution in [-0.2, 0) is 16.0 Å². The van der Waals surface area contributed by atoms with Gasteiger partial charge in [-0.25, -0.2) is 5.43 Å². The Morgan fingerprint density at radius 2 is 1.83 bits per heavy atom. The second-order valence-corrected chi connectivity index (χ2v) is 5.99. The van der Waals surface area contributed by atoms with Crippen LogP contribution in [0.1, 0.15) is 24.0 Å². The first-order chi connectivity index (χ1) is 13.9. The van der Waals surface area contributed by atoms with Crippen molar-refractivity contribution in [3.8, 4) is 5.75 Å². The van der Waals surface area contributed by atoms with Crippen molar-refractivity contribution in [3.63, 3.8) is 0 Å². The maximum absolute atomic E-state index is 11.9. The van der Waals surface area contributed by atoms with Crippen molar-refractivity contribution >= 4 is 29.4 Å². The number of carbonyl (C=O) groups excluding carboxylic acids is 2. The van der Waals surface area contributed by atoms with E-state index in [1.54, 1.807) is 24.3 Å². The molecule has 0 radical (unpaired) electrons. The van der Waals surface area contributed by atoms with Crippen molar-refractivity contribution in [2.45, 2.75) is 19.3 Å². The van der Waals surface area contributed by atoms with Gasteiger partial charge in [-0.3, -0.25) is 19.7 Å². The summed E-state index contributed by atoms with van der Waals surface area (Å²) in [6.07, 6.45) is 3.30. The lowest BCUT2D eigenvalue weighted by atomic mass is 10.1. The molecule has 0 saturated carbocycles. The highest BCUT2D eigenvalue weighted by atomic mass is 16.6. The topological polar surface area (TPSA) is 134 Å². The quantitative estimate of drug-likeness (QED) is 0.259. The van der Waals surface area contributed by atoms with Gasteiger partial charge in [-0.15, -0.1) is 6.58 Å². The molecule has 0 bridgehead atoms. The predicted octanol–water partition coefficient (Wildman–Crippen LogP) is 2.90. The molecule has 0 aliphatic carbocycles. The maximum Gasteiger partial charge on any atom is 0.269 e. The van der Waals surface area contributed by atoms with E-state index in [9.17, 15) is 24.8 Å². The van der Waals surface area contributed by atoms with Gasteiger partial charge in [-0.05, 0) is 30.2 Å². The number of hydrogen-bond donors (Lipinski definition) is 3. The molecule has 3 N–H and O–H groups in total. The summed E-state index contributed by atoms with van der Waals surface area (Å²) in [4.78, 5) is 33.7. The summed E-state index contributed by atoms with van der Waals surface area (Å²) in [7, 11) is 0. The number of nitrogens with zero attached hydrogens (tertiary/aromatic N) is 2. The number of hydrogen-bond acceptors (Lipinski definition) is 6. The third-order valence-corrected chi connectivity index (χ3v) is 3.85. The van der Waals surface area contributed by atoms with Crippen molar-refractivity contribution in [3.05, 3.63) is 76.4 Å². The normalized spacial score (nSPS) is 10.5. The van der Waals surface area contributed by atoms with Crippen LogP contribution < -0.4 is 10.7 Å². The first kappa shape index (κ1) is 21.3. The Balaban J connectivity index is 1.80. The zero-order valence-electron chi connectivity index (χ0n) is 15.5. The number of nitro benzene ring substituents is 1. The van der Waals surface area contributed by atoms with Gasteiger partial charge in [0, 0.05) is 36.2 Å². The molecule has 2 aromatic rings. The molecule has 0 saturated heterocycles. The Morgan fingerprint density at radius 1 is 1.14 bits per heavy atom. The number of non-ortho nitro benzene ring substituents is 1. The molecule has 29 heavy (non-hydrogen) atoms. The predicted molar refractivity (Wildman–Crippen MR) is 109 cm³/mol. The second kappa shape index (κ2) is 10.4. The van der Waals surface area contributed by atoms with Crippen LogP contribution in [0.25, 0.3) is 0 Å². The largest absolute Gasteiger partial charge is 0.507 e. The molecular formula is C20H20N4O5. The molecule has 150 valence electrons. The number of amides is 2. The van der Waals surface area contributed by atoms with E-state index < -0.39 is 16.7 Å². The average Bonchev–Trinajstić information content (AvgIpc) is 2.70. The molecule has 2 rings (SSSR count). The Labute approximate surface area is 166 Å². The van der Waals surface area contributed by atoms with Crippen molar-refractivity contribution < 1.29 is 19.6 Å². The summed E-state index contributed by atoms with van der Waals surface area (Å²) in [5.41, 5.74) is 3.75. The Hall–Kier alpha value is -4.01. The van der Waals surface area contributed by atoms with E-state index in [0.717, 1.165) is 0 Å². The lowest BCUT2D eigenvalue weighted by Crippen LogP contribution is -2.20. The van der Waals surface area contributed by atoms with E-state index in [-0.39, 0.29) is 24.3 Å². The Bertz CT molecular complexity index is 938. The Morgan fingerprint density at radius 3 is 2.48 bits per heavy atom. The number of carbonyl (C=O) groups is 2. The lowest BCUT2D eigenvalue weighted by molar-refractivity contribution is -0.384. The molecule has 0 aromatic heterocycles. The molecule has 2 aromatic carbocycles. The van der Waals surface area contributed by atoms with Gasteiger partial charge in [0.05, 0.1) is 11.1 Å². The summed E-state index contributed by atoms with van der Waals surface area (Å²) >= 11 is 0. The molecule has 0 unspecified atom stereocenters. The van der Waals surface area contributed by atoms with Gasteiger partial charge in [0.25, 0.3) is 5.69 Å². The van der Waals surface area contributed by atoms with Gasteiger partial charge in [0.15, 0.2) is 0 Å². The molecule has 0 aliphatic rings. The van der Waals surface area contributed by atoms with E-state index in [0.29, 0.717) is 23.2 Å². The minimum Gasteiger partial charge on any atom is -0.507 e. The van der Waals surface area contributed by atoms with Crippen LogP contribution in [0.4, 0.5) is 11.4 Å². The Kier molecular flexibility index (Phi) is 7.60. The fourth-order valence-corrected chi connectivity index (χ4v) is 2.38. The van der Waals surface area contributed by atoms with E-state index in [1.165, 1.54) is 30.5 Å². The van der Waals surface area contributed by atoms with Gasteiger partial charge in [-0.2, -0.15) is 5.10 Å². The highest BCUT2D eigenvalue weighted by Gasteiger charge is 2.09. The van der Waals surface area contributed by atoms with Crippen molar-refractivity contribution in [1.82, 2.24) is 5.43 Å². The van der Waals surface area contributed by atoms with E-state index in [1.807, 2.05) is 0 Å². The lowest BCUT2D eigenvalue weighted by Gasteiger charge is -2.05. The smallest absolute Gasteiger partial charge is 0.269 e. The third kappa shape index (κ3) is 6.58. The van der Waals surface area contributed by atoms with Crippen LogP contribution in [0.5, 0.6) is 5.75 Å². The highest BCUT2D eigenvalue weighted by Crippen LogP contribution is 2.21. The molecular weight excluding hydrogens is 376 g/mol. The standard InChI is InChI=1S/C20H20N4O5/c1-2-4-14-5-3-6-15(20(14)27)13-21-23-19(26)12-11-18(25)22-16-7-9-17(10-8-16)24(28)29/h2-3,5-10,13,27H,1,4,11-12H2,(H,22,25)(H,23,26)/b21-13+. The number of aromatic hydroxyl groups is 1. The fourth-order valence-electron chi connectivity index (χ4n) is 2.38. The summed E-state index contributed by atoms with van der Waals surface area (Å²) in [5, 5.41) is 27.0. The fraction of sp³-hybridized carbons (Fsp3) is 0.150. The monoisotopic (exact) mass is 396 g/mol. The van der Waals surface area contributed by atoms with Crippen LogP contribution >= 0.6 is 0 Å². The molecule has 0 aliphatic heterocycles.